The molecule has 1 amide bonds. The third-order valence-electron chi connectivity index (χ3n) is 1.86. The standard InChI is InChI=1S/C7H8FNO3S/c1-2-3-9-5-6(4-7(9)10)13(8,11)12/h1,6H,3-5H2. The molecule has 1 aliphatic rings. The van der Waals surface area contributed by atoms with Gasteiger partial charge in [0.15, 0.2) is 0 Å². The van der Waals surface area contributed by atoms with E-state index in [1.807, 2.05) is 0 Å². The van der Waals surface area contributed by atoms with E-state index < -0.39 is 21.4 Å². The van der Waals surface area contributed by atoms with Gasteiger partial charge in [-0.3, -0.25) is 4.79 Å². The molecule has 0 bridgehead atoms. The fourth-order valence-corrected chi connectivity index (χ4v) is 1.89. The molecule has 0 aromatic heterocycles. The molecule has 1 saturated heterocycles. The van der Waals surface area contributed by atoms with Crippen LogP contribution in [-0.4, -0.2) is 37.6 Å². The Labute approximate surface area is 75.9 Å². The van der Waals surface area contributed by atoms with Crippen molar-refractivity contribution in [1.82, 2.24) is 4.90 Å². The number of nitrogens with zero attached hydrogens (tertiary/aromatic N) is 1. The molecular weight excluding hydrogens is 197 g/mol. The number of carbonyl (C=O) groups excluding carboxylic acids is 1. The van der Waals surface area contributed by atoms with E-state index in [9.17, 15) is 17.1 Å². The molecule has 0 saturated carbocycles. The highest BCUT2D eigenvalue weighted by molar-refractivity contribution is 7.87. The molecule has 1 fully saturated rings. The number of likely N-dealkylation sites (tertiary alicyclic amines) is 1. The van der Waals surface area contributed by atoms with Crippen LogP contribution in [0.5, 0.6) is 0 Å². The molecule has 0 aromatic carbocycles. The van der Waals surface area contributed by atoms with Crippen LogP contribution in [0, 0.1) is 12.3 Å². The molecule has 6 heteroatoms. The monoisotopic (exact) mass is 205 g/mol. The number of carbonyl (C=O) groups is 1. The zero-order valence-corrected chi connectivity index (χ0v) is 7.55. The minimum Gasteiger partial charge on any atom is -0.330 e. The second-order valence-corrected chi connectivity index (χ2v) is 4.40. The summed E-state index contributed by atoms with van der Waals surface area (Å²) >= 11 is 0. The summed E-state index contributed by atoms with van der Waals surface area (Å²) in [6.07, 6.45) is 4.63. The molecule has 4 nitrogen and oxygen atoms in total. The van der Waals surface area contributed by atoms with E-state index >= 15 is 0 Å². The number of terminal acetylenes is 1. The molecule has 0 aliphatic carbocycles. The lowest BCUT2D eigenvalue weighted by Gasteiger charge is -2.10. The van der Waals surface area contributed by atoms with E-state index in [1.165, 1.54) is 0 Å². The summed E-state index contributed by atoms with van der Waals surface area (Å²) < 4.78 is 33.3. The van der Waals surface area contributed by atoms with Gasteiger partial charge in [0.1, 0.15) is 5.25 Å². The zero-order chi connectivity index (χ0) is 10.1. The normalized spacial score (nSPS) is 23.2. The number of hydrogen-bond donors (Lipinski definition) is 0. The summed E-state index contributed by atoms with van der Waals surface area (Å²) in [7, 11) is -4.62. The van der Waals surface area contributed by atoms with Gasteiger partial charge in [-0.25, -0.2) is 0 Å². The van der Waals surface area contributed by atoms with Crippen LogP contribution in [0.25, 0.3) is 0 Å². The second-order valence-electron chi connectivity index (χ2n) is 2.78. The SMILES string of the molecule is C#CCN1CC(S(=O)(=O)F)CC1=O. The highest BCUT2D eigenvalue weighted by Crippen LogP contribution is 2.18. The molecule has 1 atom stereocenters. The fourth-order valence-electron chi connectivity index (χ4n) is 1.19. The lowest BCUT2D eigenvalue weighted by Crippen LogP contribution is -2.27. The van der Waals surface area contributed by atoms with Crippen LogP contribution in [-0.2, 0) is 15.0 Å². The maximum absolute atomic E-state index is 12.4. The molecule has 13 heavy (non-hydrogen) atoms. The molecule has 1 heterocycles. The van der Waals surface area contributed by atoms with E-state index in [2.05, 4.69) is 5.92 Å². The number of halogens is 1. The highest BCUT2D eigenvalue weighted by atomic mass is 32.3. The van der Waals surface area contributed by atoms with Gasteiger partial charge in [0.25, 0.3) is 0 Å². The van der Waals surface area contributed by atoms with Crippen molar-refractivity contribution in [3.63, 3.8) is 0 Å². The lowest BCUT2D eigenvalue weighted by molar-refractivity contribution is -0.127. The van der Waals surface area contributed by atoms with Crippen LogP contribution in [0.15, 0.2) is 0 Å². The maximum Gasteiger partial charge on any atom is 0.307 e. The van der Waals surface area contributed by atoms with E-state index in [4.69, 9.17) is 6.42 Å². The molecule has 1 aliphatic heterocycles. The van der Waals surface area contributed by atoms with Gasteiger partial charge >= 0.3 is 10.2 Å². The minimum atomic E-state index is -4.62. The molecule has 1 unspecified atom stereocenters. The number of rotatable bonds is 2. The summed E-state index contributed by atoms with van der Waals surface area (Å²) in [4.78, 5) is 12.2. The second kappa shape index (κ2) is 3.34. The summed E-state index contributed by atoms with van der Waals surface area (Å²) in [5.74, 6) is 1.79. The van der Waals surface area contributed by atoms with Crippen molar-refractivity contribution in [1.29, 1.82) is 0 Å². The average Bonchev–Trinajstić information content (AvgIpc) is 2.32. The van der Waals surface area contributed by atoms with Crippen molar-refractivity contribution in [3.05, 3.63) is 0 Å². The Morgan fingerprint density at radius 1 is 1.69 bits per heavy atom. The molecule has 0 radical (unpaired) electrons. The van der Waals surface area contributed by atoms with E-state index in [1.54, 1.807) is 0 Å². The van der Waals surface area contributed by atoms with Crippen LogP contribution in [0.3, 0.4) is 0 Å². The maximum atomic E-state index is 12.4. The van der Waals surface area contributed by atoms with Gasteiger partial charge < -0.3 is 4.90 Å². The van der Waals surface area contributed by atoms with Crippen molar-refractivity contribution >= 4 is 16.1 Å². The fraction of sp³-hybridized carbons (Fsp3) is 0.571. The predicted octanol–water partition coefficient (Wildman–Crippen LogP) is -0.480. The number of amides is 1. The minimum absolute atomic E-state index is 0.0326. The smallest absolute Gasteiger partial charge is 0.307 e. The van der Waals surface area contributed by atoms with Crippen molar-refractivity contribution in [2.45, 2.75) is 11.7 Å². The lowest BCUT2D eigenvalue weighted by atomic mass is 10.4. The van der Waals surface area contributed by atoms with Crippen LogP contribution in [0.2, 0.25) is 0 Å². The third-order valence-corrected chi connectivity index (χ3v) is 2.97. The van der Waals surface area contributed by atoms with E-state index in [0.29, 0.717) is 0 Å². The first-order valence-electron chi connectivity index (χ1n) is 3.60. The van der Waals surface area contributed by atoms with Gasteiger partial charge in [0.2, 0.25) is 5.91 Å². The Morgan fingerprint density at radius 2 is 2.31 bits per heavy atom. The first kappa shape index (κ1) is 9.99. The quantitative estimate of drug-likeness (QED) is 0.452. The Kier molecular flexibility index (Phi) is 2.57. The van der Waals surface area contributed by atoms with Crippen molar-refractivity contribution in [2.75, 3.05) is 13.1 Å². The third kappa shape index (κ3) is 2.18. The largest absolute Gasteiger partial charge is 0.330 e. The zero-order valence-electron chi connectivity index (χ0n) is 6.73. The van der Waals surface area contributed by atoms with Crippen molar-refractivity contribution in [3.8, 4) is 12.3 Å². The van der Waals surface area contributed by atoms with Gasteiger partial charge in [0, 0.05) is 13.0 Å². The summed E-state index contributed by atoms with van der Waals surface area (Å²) in [6, 6.07) is 0. The summed E-state index contributed by atoms with van der Waals surface area (Å²) in [6.45, 7) is -0.104. The van der Waals surface area contributed by atoms with Crippen LogP contribution in [0.1, 0.15) is 6.42 Å². The Hall–Kier alpha value is -1.09. The average molecular weight is 205 g/mol. The van der Waals surface area contributed by atoms with Crippen molar-refractivity contribution in [2.24, 2.45) is 0 Å². The Balaban J connectivity index is 2.72. The van der Waals surface area contributed by atoms with E-state index in [0.717, 1.165) is 4.90 Å². The van der Waals surface area contributed by atoms with Crippen LogP contribution in [0.4, 0.5) is 3.89 Å². The number of hydrogen-bond acceptors (Lipinski definition) is 3. The summed E-state index contributed by atoms with van der Waals surface area (Å²) in [5, 5.41) is -1.24. The highest BCUT2D eigenvalue weighted by Gasteiger charge is 2.37. The first-order chi connectivity index (χ1) is 5.95. The van der Waals surface area contributed by atoms with Gasteiger partial charge in [-0.2, -0.15) is 8.42 Å². The Bertz CT molecular complexity index is 356. The molecule has 0 aromatic rings. The molecule has 0 spiro atoms. The summed E-state index contributed by atoms with van der Waals surface area (Å²) in [5.41, 5.74) is 0. The van der Waals surface area contributed by atoms with Crippen molar-refractivity contribution < 1.29 is 17.1 Å². The Morgan fingerprint density at radius 3 is 2.69 bits per heavy atom. The van der Waals surface area contributed by atoms with Crippen LogP contribution >= 0.6 is 0 Å². The first-order valence-corrected chi connectivity index (χ1v) is 5.04. The molecular formula is C7H8FNO3S. The predicted molar refractivity (Wildman–Crippen MR) is 43.8 cm³/mol. The van der Waals surface area contributed by atoms with Crippen LogP contribution < -0.4 is 0 Å². The molecule has 1 rings (SSSR count). The van der Waals surface area contributed by atoms with Gasteiger partial charge in [-0.1, -0.05) is 5.92 Å². The van der Waals surface area contributed by atoms with Gasteiger partial charge in [-0.15, -0.1) is 10.3 Å². The van der Waals surface area contributed by atoms with Gasteiger partial charge in [-0.05, 0) is 0 Å². The van der Waals surface area contributed by atoms with Gasteiger partial charge in [0.05, 0.1) is 6.54 Å². The topological polar surface area (TPSA) is 54.5 Å². The van der Waals surface area contributed by atoms with E-state index in [-0.39, 0.29) is 19.5 Å². The molecule has 72 valence electrons. The molecule has 0 N–H and O–H groups in total.